The number of ether oxygens (including phenoxy) is 2. The standard InChI is InChI=1S/C23H31N3O3/c1-19-5-3-6-20(2)23(19)29-18-22(27)26(17-21-7-9-24-10-8-21)12-4-11-25-13-15-28-16-14-25/h3,5-10H,4,11-18H2,1-2H3. The zero-order valence-electron chi connectivity index (χ0n) is 17.5. The van der Waals surface area contributed by atoms with Crippen LogP contribution in [0.25, 0.3) is 0 Å². The molecular weight excluding hydrogens is 366 g/mol. The van der Waals surface area contributed by atoms with Gasteiger partial charge in [-0.2, -0.15) is 0 Å². The third kappa shape index (κ3) is 6.54. The van der Waals surface area contributed by atoms with Crippen LogP contribution in [0.2, 0.25) is 0 Å². The number of morpholine rings is 1. The monoisotopic (exact) mass is 397 g/mol. The smallest absolute Gasteiger partial charge is 0.260 e. The average Bonchev–Trinajstić information content (AvgIpc) is 2.74. The number of nitrogens with zero attached hydrogens (tertiary/aromatic N) is 3. The molecule has 1 fully saturated rings. The Labute approximate surface area is 173 Å². The molecule has 6 nitrogen and oxygen atoms in total. The molecule has 3 rings (SSSR count). The van der Waals surface area contributed by atoms with E-state index in [1.807, 2.05) is 49.1 Å². The fourth-order valence-electron chi connectivity index (χ4n) is 3.56. The molecule has 1 saturated heterocycles. The lowest BCUT2D eigenvalue weighted by Gasteiger charge is -2.28. The van der Waals surface area contributed by atoms with Crippen LogP contribution in [-0.4, -0.2) is 66.7 Å². The van der Waals surface area contributed by atoms with E-state index >= 15 is 0 Å². The second-order valence-corrected chi connectivity index (χ2v) is 7.49. The first-order chi connectivity index (χ1) is 14.1. The molecule has 0 unspecified atom stereocenters. The number of hydrogen-bond donors (Lipinski definition) is 0. The molecule has 6 heteroatoms. The van der Waals surface area contributed by atoms with Gasteiger partial charge >= 0.3 is 0 Å². The van der Waals surface area contributed by atoms with E-state index in [0.717, 1.165) is 61.7 Å². The van der Waals surface area contributed by atoms with Gasteiger partial charge < -0.3 is 14.4 Å². The van der Waals surface area contributed by atoms with Crippen molar-refractivity contribution in [1.29, 1.82) is 0 Å². The number of amides is 1. The Hall–Kier alpha value is -2.44. The van der Waals surface area contributed by atoms with Gasteiger partial charge in [-0.3, -0.25) is 14.7 Å². The zero-order chi connectivity index (χ0) is 20.5. The SMILES string of the molecule is Cc1cccc(C)c1OCC(=O)N(CCCN1CCOCC1)Cc1ccncc1. The highest BCUT2D eigenvalue weighted by Crippen LogP contribution is 2.22. The van der Waals surface area contributed by atoms with E-state index in [2.05, 4.69) is 9.88 Å². The Balaban J connectivity index is 1.58. The molecule has 0 spiro atoms. The predicted octanol–water partition coefficient (Wildman–Crippen LogP) is 2.83. The molecule has 0 radical (unpaired) electrons. The van der Waals surface area contributed by atoms with Crippen LogP contribution >= 0.6 is 0 Å². The molecule has 1 amide bonds. The Morgan fingerprint density at radius 1 is 1.14 bits per heavy atom. The number of benzene rings is 1. The number of aromatic nitrogens is 1. The van der Waals surface area contributed by atoms with Crippen LogP contribution in [0.5, 0.6) is 5.75 Å². The van der Waals surface area contributed by atoms with Gasteiger partial charge in [0.25, 0.3) is 5.91 Å². The number of aryl methyl sites for hydroxylation is 2. The molecule has 2 aromatic rings. The van der Waals surface area contributed by atoms with Crippen molar-refractivity contribution in [3.63, 3.8) is 0 Å². The zero-order valence-corrected chi connectivity index (χ0v) is 17.5. The normalized spacial score (nSPS) is 14.6. The summed E-state index contributed by atoms with van der Waals surface area (Å²) in [6.45, 7) is 9.83. The van der Waals surface area contributed by atoms with Gasteiger partial charge in [0.15, 0.2) is 6.61 Å². The van der Waals surface area contributed by atoms with E-state index in [4.69, 9.17) is 9.47 Å². The molecule has 0 bridgehead atoms. The molecule has 0 atom stereocenters. The maximum absolute atomic E-state index is 13.0. The molecule has 1 aromatic heterocycles. The first kappa shape index (κ1) is 21.3. The highest BCUT2D eigenvalue weighted by molar-refractivity contribution is 5.77. The van der Waals surface area contributed by atoms with Gasteiger partial charge in [-0.25, -0.2) is 0 Å². The molecule has 1 aliphatic heterocycles. The van der Waals surface area contributed by atoms with Gasteiger partial charge in [0.1, 0.15) is 5.75 Å². The number of rotatable bonds is 9. The van der Waals surface area contributed by atoms with Gasteiger partial charge in [-0.1, -0.05) is 18.2 Å². The number of para-hydroxylation sites is 1. The number of pyridine rings is 1. The maximum Gasteiger partial charge on any atom is 0.260 e. The molecular formula is C23H31N3O3. The van der Waals surface area contributed by atoms with Crippen LogP contribution in [0.1, 0.15) is 23.1 Å². The highest BCUT2D eigenvalue weighted by Gasteiger charge is 2.17. The summed E-state index contributed by atoms with van der Waals surface area (Å²) in [7, 11) is 0. The third-order valence-electron chi connectivity index (χ3n) is 5.23. The van der Waals surface area contributed by atoms with Gasteiger partial charge in [0.05, 0.1) is 13.2 Å². The van der Waals surface area contributed by atoms with E-state index in [1.165, 1.54) is 0 Å². The molecule has 0 aliphatic carbocycles. The second-order valence-electron chi connectivity index (χ2n) is 7.49. The van der Waals surface area contributed by atoms with Crippen molar-refractivity contribution < 1.29 is 14.3 Å². The van der Waals surface area contributed by atoms with E-state index in [-0.39, 0.29) is 12.5 Å². The van der Waals surface area contributed by atoms with Crippen LogP contribution in [0.15, 0.2) is 42.7 Å². The van der Waals surface area contributed by atoms with Crippen LogP contribution in [0.3, 0.4) is 0 Å². The van der Waals surface area contributed by atoms with Gasteiger partial charge in [0, 0.05) is 45.1 Å². The molecule has 2 heterocycles. The van der Waals surface area contributed by atoms with Crippen molar-refractivity contribution in [2.45, 2.75) is 26.8 Å². The topological polar surface area (TPSA) is 54.9 Å². The Kier molecular flexibility index (Phi) is 8.02. The number of hydrogen-bond acceptors (Lipinski definition) is 5. The molecule has 1 aliphatic rings. The Bertz CT molecular complexity index is 756. The lowest BCUT2D eigenvalue weighted by Crippen LogP contribution is -2.40. The predicted molar refractivity (Wildman–Crippen MR) is 113 cm³/mol. The van der Waals surface area contributed by atoms with Crippen molar-refractivity contribution >= 4 is 5.91 Å². The Morgan fingerprint density at radius 2 is 1.83 bits per heavy atom. The highest BCUT2D eigenvalue weighted by atomic mass is 16.5. The first-order valence-corrected chi connectivity index (χ1v) is 10.3. The quantitative estimate of drug-likeness (QED) is 0.651. The average molecular weight is 398 g/mol. The van der Waals surface area contributed by atoms with Crippen molar-refractivity contribution in [1.82, 2.24) is 14.8 Å². The summed E-state index contributed by atoms with van der Waals surface area (Å²) in [5.74, 6) is 0.810. The van der Waals surface area contributed by atoms with E-state index in [0.29, 0.717) is 13.1 Å². The molecule has 29 heavy (non-hydrogen) atoms. The van der Waals surface area contributed by atoms with Crippen molar-refractivity contribution in [2.75, 3.05) is 46.0 Å². The minimum atomic E-state index is 0.00597. The van der Waals surface area contributed by atoms with Crippen LogP contribution in [0, 0.1) is 13.8 Å². The lowest BCUT2D eigenvalue weighted by molar-refractivity contribution is -0.134. The van der Waals surface area contributed by atoms with Crippen LogP contribution < -0.4 is 4.74 Å². The molecule has 156 valence electrons. The first-order valence-electron chi connectivity index (χ1n) is 10.3. The van der Waals surface area contributed by atoms with E-state index in [9.17, 15) is 4.79 Å². The van der Waals surface area contributed by atoms with Crippen LogP contribution in [0.4, 0.5) is 0 Å². The van der Waals surface area contributed by atoms with E-state index in [1.54, 1.807) is 12.4 Å². The summed E-state index contributed by atoms with van der Waals surface area (Å²) in [6.07, 6.45) is 4.46. The summed E-state index contributed by atoms with van der Waals surface area (Å²) in [6, 6.07) is 9.91. The Morgan fingerprint density at radius 3 is 2.52 bits per heavy atom. The maximum atomic E-state index is 13.0. The minimum Gasteiger partial charge on any atom is -0.483 e. The summed E-state index contributed by atoms with van der Waals surface area (Å²) in [5, 5.41) is 0. The number of carbonyl (C=O) groups is 1. The second kappa shape index (κ2) is 10.9. The largest absolute Gasteiger partial charge is 0.483 e. The van der Waals surface area contributed by atoms with Crippen molar-refractivity contribution in [3.05, 3.63) is 59.4 Å². The summed E-state index contributed by atoms with van der Waals surface area (Å²) in [4.78, 5) is 21.3. The molecule has 0 saturated carbocycles. The van der Waals surface area contributed by atoms with Crippen molar-refractivity contribution in [2.24, 2.45) is 0 Å². The minimum absolute atomic E-state index is 0.00597. The fourth-order valence-corrected chi connectivity index (χ4v) is 3.56. The fraction of sp³-hybridized carbons (Fsp3) is 0.478. The summed E-state index contributed by atoms with van der Waals surface area (Å²) in [5.41, 5.74) is 3.17. The van der Waals surface area contributed by atoms with Gasteiger partial charge in [0.2, 0.25) is 0 Å². The summed E-state index contributed by atoms with van der Waals surface area (Å²) < 4.78 is 11.3. The summed E-state index contributed by atoms with van der Waals surface area (Å²) >= 11 is 0. The van der Waals surface area contributed by atoms with E-state index < -0.39 is 0 Å². The lowest BCUT2D eigenvalue weighted by atomic mass is 10.1. The van der Waals surface area contributed by atoms with Gasteiger partial charge in [-0.05, 0) is 49.1 Å². The van der Waals surface area contributed by atoms with Crippen LogP contribution in [-0.2, 0) is 16.1 Å². The molecule has 1 aromatic carbocycles. The van der Waals surface area contributed by atoms with Gasteiger partial charge in [-0.15, -0.1) is 0 Å². The molecule has 0 N–H and O–H groups in total. The third-order valence-corrected chi connectivity index (χ3v) is 5.23. The van der Waals surface area contributed by atoms with Crippen molar-refractivity contribution in [3.8, 4) is 5.75 Å². The number of carbonyl (C=O) groups excluding carboxylic acids is 1.